The number of aromatic nitrogens is 3. The van der Waals surface area contributed by atoms with Crippen LogP contribution >= 0.6 is 7.75 Å². The van der Waals surface area contributed by atoms with Gasteiger partial charge in [0.15, 0.2) is 18.5 Å². The van der Waals surface area contributed by atoms with Gasteiger partial charge in [-0.15, -0.1) is 0 Å². The molecular formula is C32H39N6O11P. The Labute approximate surface area is 288 Å². The van der Waals surface area contributed by atoms with E-state index in [4.69, 9.17) is 45.0 Å². The van der Waals surface area contributed by atoms with Gasteiger partial charge in [0.25, 0.3) is 0 Å². The molecule has 0 unspecified atom stereocenters. The van der Waals surface area contributed by atoms with E-state index in [1.165, 1.54) is 29.9 Å². The van der Waals surface area contributed by atoms with Crippen LogP contribution in [-0.2, 0) is 47.2 Å². The van der Waals surface area contributed by atoms with Gasteiger partial charge in [0.05, 0.1) is 30.7 Å². The van der Waals surface area contributed by atoms with E-state index >= 15 is 0 Å². The molecule has 18 heteroatoms. The summed E-state index contributed by atoms with van der Waals surface area (Å²) in [7, 11) is -4.56. The summed E-state index contributed by atoms with van der Waals surface area (Å²) in [6, 6.07) is 9.99. The largest absolute Gasteiger partial charge is 0.459 e. The highest BCUT2D eigenvalue weighted by molar-refractivity contribution is 7.52. The lowest BCUT2D eigenvalue weighted by atomic mass is 10.0. The maximum atomic E-state index is 14.4. The van der Waals surface area contributed by atoms with Gasteiger partial charge in [0, 0.05) is 0 Å². The van der Waals surface area contributed by atoms with Crippen molar-refractivity contribution in [1.82, 2.24) is 19.7 Å². The first-order valence-electron chi connectivity index (χ1n) is 15.9. The van der Waals surface area contributed by atoms with Gasteiger partial charge in [-0.1, -0.05) is 45.9 Å². The highest BCUT2D eigenvalue weighted by Gasteiger charge is 2.67. The molecule has 0 amide bonds. The minimum atomic E-state index is -4.56. The zero-order chi connectivity index (χ0) is 36.2. The molecule has 0 bridgehead atoms. The number of fused-ring (bicyclic) bond motifs is 1. The van der Waals surface area contributed by atoms with E-state index in [1.807, 2.05) is 0 Å². The fourth-order valence-corrected chi connectivity index (χ4v) is 6.48. The highest BCUT2D eigenvalue weighted by atomic mass is 31.2. The van der Waals surface area contributed by atoms with E-state index in [0.29, 0.717) is 5.52 Å². The van der Waals surface area contributed by atoms with Crippen molar-refractivity contribution in [3.05, 3.63) is 65.9 Å². The monoisotopic (exact) mass is 714 g/mol. The summed E-state index contributed by atoms with van der Waals surface area (Å²) >= 11 is 0. The van der Waals surface area contributed by atoms with Crippen molar-refractivity contribution in [2.75, 3.05) is 25.6 Å². The predicted molar refractivity (Wildman–Crippen MR) is 174 cm³/mol. The number of nitrogen functional groups attached to an aromatic ring is 1. The van der Waals surface area contributed by atoms with Gasteiger partial charge < -0.3 is 29.2 Å². The van der Waals surface area contributed by atoms with Gasteiger partial charge in [-0.05, 0) is 31.2 Å². The van der Waals surface area contributed by atoms with Crippen LogP contribution in [0.5, 0.6) is 5.75 Å². The number of ether oxygens (including phenoxy) is 5. The van der Waals surface area contributed by atoms with Crippen LogP contribution < -0.4 is 15.3 Å². The number of nitrogens with zero attached hydrogens (tertiary/aromatic N) is 4. The van der Waals surface area contributed by atoms with Crippen LogP contribution in [0.25, 0.3) is 10.4 Å². The highest BCUT2D eigenvalue weighted by Crippen LogP contribution is 2.50. The van der Waals surface area contributed by atoms with Crippen LogP contribution in [0.2, 0.25) is 0 Å². The zero-order valence-electron chi connectivity index (χ0n) is 28.1. The first kappa shape index (κ1) is 36.7. The second-order valence-electron chi connectivity index (χ2n) is 12.4. The molecule has 17 nitrogen and oxygen atoms in total. The number of nitrogens with one attached hydrogen (secondary N) is 1. The van der Waals surface area contributed by atoms with Crippen molar-refractivity contribution in [2.24, 2.45) is 11.8 Å². The van der Waals surface area contributed by atoms with Crippen LogP contribution in [0.3, 0.4) is 0 Å². The molecule has 0 spiro atoms. The number of anilines is 1. The predicted octanol–water partition coefficient (Wildman–Crippen LogP) is 3.26. The number of hydrogen-bond acceptors (Lipinski definition) is 14. The number of carbonyl (C=O) groups is 3. The molecule has 2 fully saturated rings. The fourth-order valence-electron chi connectivity index (χ4n) is 4.97. The standard InChI is InChI=1S/C32H39N6O11P/c1-18(2)29(39)46-26-25(23-12-13-24-28(33)35-17-36-38(23)24)48-32(34-6,27(26)47-30(40)19(3)4)16-44-50(42,49-21-10-8-7-9-11-21)37-20(5)31(41)45-22-14-43-15-22/h7-13,17-20,22,25-27H,14-16H2,1-5H3,(H,37,42)(H2,33,35,36)/t20-,25-,26-,27-,32+,50+/m0/s1. The molecule has 50 heavy (non-hydrogen) atoms. The zero-order valence-corrected chi connectivity index (χ0v) is 29.0. The molecule has 6 atom stereocenters. The van der Waals surface area contributed by atoms with Crippen LogP contribution in [0.15, 0.2) is 48.8 Å². The summed E-state index contributed by atoms with van der Waals surface area (Å²) < 4.78 is 56.0. The van der Waals surface area contributed by atoms with Crippen LogP contribution in [0, 0.1) is 18.4 Å². The number of rotatable bonds is 14. The molecule has 268 valence electrons. The molecule has 2 aliphatic rings. The maximum absolute atomic E-state index is 14.4. The SMILES string of the molecule is [C-]#[N+][C@]1(CO[P@](=O)(N[C@@H](C)C(=O)OC2COC2)Oc2ccccc2)O[C@@H](c2ccc3c(N)ncnn23)[C@H](OC(=O)C(C)C)[C@@H]1OC(=O)C(C)C. The molecule has 2 saturated heterocycles. The van der Waals surface area contributed by atoms with Gasteiger partial charge in [-0.2, -0.15) is 10.2 Å². The quantitative estimate of drug-likeness (QED) is 0.106. The third-order valence-corrected chi connectivity index (χ3v) is 9.43. The third kappa shape index (κ3) is 7.90. The lowest BCUT2D eigenvalue weighted by Gasteiger charge is -2.29. The molecule has 4 heterocycles. The second kappa shape index (κ2) is 15.1. The summed E-state index contributed by atoms with van der Waals surface area (Å²) in [5, 5.41) is 6.83. The molecule has 0 radical (unpaired) electrons. The Morgan fingerprint density at radius 3 is 2.34 bits per heavy atom. The van der Waals surface area contributed by atoms with Gasteiger partial charge in [0.2, 0.25) is 6.10 Å². The molecule has 3 aromatic rings. The minimum absolute atomic E-state index is 0.113. The van der Waals surface area contributed by atoms with Crippen LogP contribution in [0.4, 0.5) is 5.82 Å². The van der Waals surface area contributed by atoms with E-state index in [9.17, 15) is 18.9 Å². The number of hydrogen-bond donors (Lipinski definition) is 2. The smallest absolute Gasteiger partial charge is 0.456 e. The Balaban J connectivity index is 1.54. The molecule has 0 aliphatic carbocycles. The summed E-state index contributed by atoms with van der Waals surface area (Å²) in [5.41, 5.74) is 4.46. The molecule has 2 aromatic heterocycles. The Morgan fingerprint density at radius 1 is 1.04 bits per heavy atom. The van der Waals surface area contributed by atoms with Gasteiger partial charge in [-0.25, -0.2) is 20.6 Å². The van der Waals surface area contributed by atoms with Crippen molar-refractivity contribution in [2.45, 2.75) is 70.8 Å². The second-order valence-corrected chi connectivity index (χ2v) is 14.1. The van der Waals surface area contributed by atoms with E-state index in [1.54, 1.807) is 58.0 Å². The Kier molecular flexibility index (Phi) is 11.1. The first-order valence-corrected chi connectivity index (χ1v) is 17.4. The normalized spacial score (nSPS) is 23.8. The summed E-state index contributed by atoms with van der Waals surface area (Å²) in [4.78, 5) is 46.8. The average Bonchev–Trinajstić information content (AvgIpc) is 3.62. The van der Waals surface area contributed by atoms with E-state index in [2.05, 4.69) is 20.0 Å². The topological polar surface area (TPSA) is 205 Å². The number of nitrogens with two attached hydrogens (primary N) is 1. The third-order valence-electron chi connectivity index (χ3n) is 7.81. The summed E-state index contributed by atoms with van der Waals surface area (Å²) in [5.74, 6) is -3.18. The van der Waals surface area contributed by atoms with Gasteiger partial charge in [0.1, 0.15) is 35.8 Å². The number of esters is 3. The lowest BCUT2D eigenvalue weighted by Crippen LogP contribution is -2.49. The summed E-state index contributed by atoms with van der Waals surface area (Å²) in [6.45, 7) is 15.7. The molecule has 3 N–H and O–H groups in total. The fraction of sp³-hybridized carbons (Fsp3) is 0.500. The van der Waals surface area contributed by atoms with E-state index < -0.39 is 80.3 Å². The minimum Gasteiger partial charge on any atom is -0.456 e. The van der Waals surface area contributed by atoms with E-state index in [-0.39, 0.29) is 30.5 Å². The van der Waals surface area contributed by atoms with Crippen molar-refractivity contribution >= 4 is 37.0 Å². The van der Waals surface area contributed by atoms with E-state index in [0.717, 1.165) is 0 Å². The maximum Gasteiger partial charge on any atom is 0.459 e. The molecule has 2 aliphatic heterocycles. The Bertz CT molecular complexity index is 1790. The number of carbonyl (C=O) groups excluding carboxylic acids is 3. The molecule has 0 saturated carbocycles. The first-order chi connectivity index (χ1) is 23.8. The average molecular weight is 715 g/mol. The van der Waals surface area contributed by atoms with Crippen molar-refractivity contribution < 1.29 is 51.7 Å². The molecular weight excluding hydrogens is 675 g/mol. The summed E-state index contributed by atoms with van der Waals surface area (Å²) in [6.07, 6.45) is -3.55. The number of benzene rings is 1. The van der Waals surface area contributed by atoms with Crippen LogP contribution in [0.1, 0.15) is 46.4 Å². The Morgan fingerprint density at radius 2 is 1.72 bits per heavy atom. The van der Waals surface area contributed by atoms with Gasteiger partial charge >= 0.3 is 31.4 Å². The van der Waals surface area contributed by atoms with Gasteiger partial charge in [-0.3, -0.25) is 28.5 Å². The van der Waals surface area contributed by atoms with Crippen molar-refractivity contribution in [3.63, 3.8) is 0 Å². The number of para-hydroxylation sites is 1. The van der Waals surface area contributed by atoms with Crippen LogP contribution in [-0.4, -0.2) is 82.4 Å². The van der Waals surface area contributed by atoms with Crippen molar-refractivity contribution in [1.29, 1.82) is 0 Å². The van der Waals surface area contributed by atoms with Crippen molar-refractivity contribution in [3.8, 4) is 5.75 Å². The Hall–Kier alpha value is -4.59. The lowest BCUT2D eigenvalue weighted by molar-refractivity contribution is -0.174. The molecule has 1 aromatic carbocycles. The molecule has 5 rings (SSSR count).